The van der Waals surface area contributed by atoms with Crippen molar-refractivity contribution in [1.29, 1.82) is 0 Å². The van der Waals surface area contributed by atoms with Gasteiger partial charge in [-0.3, -0.25) is 4.79 Å². The van der Waals surface area contributed by atoms with Gasteiger partial charge in [0, 0.05) is 17.5 Å². The summed E-state index contributed by atoms with van der Waals surface area (Å²) in [5.74, 6) is -0.0290. The lowest BCUT2D eigenvalue weighted by atomic mass is 9.74. The first-order valence-electron chi connectivity index (χ1n) is 9.69. The number of nitrogens with zero attached hydrogens (tertiary/aromatic N) is 1. The number of hydrogen-bond donors (Lipinski definition) is 1. The number of piperidine rings is 1. The van der Waals surface area contributed by atoms with E-state index in [1.807, 2.05) is 12.2 Å². The van der Waals surface area contributed by atoms with E-state index in [0.717, 1.165) is 42.8 Å². The molecule has 0 radical (unpaired) electrons. The van der Waals surface area contributed by atoms with Crippen LogP contribution in [0.15, 0.2) is 42.5 Å². The molecule has 2 heterocycles. The third kappa shape index (κ3) is 3.94. The molecule has 1 N–H and O–H groups in total. The van der Waals surface area contributed by atoms with Gasteiger partial charge in [-0.05, 0) is 55.3 Å². The second-order valence-electron chi connectivity index (χ2n) is 7.69. The van der Waals surface area contributed by atoms with E-state index in [1.165, 1.54) is 17.7 Å². The van der Waals surface area contributed by atoms with Crippen molar-refractivity contribution in [3.05, 3.63) is 65.0 Å². The van der Waals surface area contributed by atoms with Crippen LogP contribution in [0.3, 0.4) is 0 Å². The van der Waals surface area contributed by atoms with Gasteiger partial charge in [0.05, 0.1) is 13.0 Å². The molecule has 2 aromatic rings. The Kier molecular flexibility index (Phi) is 5.18. The van der Waals surface area contributed by atoms with Crippen molar-refractivity contribution in [3.63, 3.8) is 0 Å². The molecule has 28 heavy (non-hydrogen) atoms. The molecular formula is C23H24FNO3. The van der Waals surface area contributed by atoms with Crippen LogP contribution in [-0.4, -0.2) is 42.2 Å². The van der Waals surface area contributed by atoms with Gasteiger partial charge in [-0.1, -0.05) is 36.4 Å². The largest absolute Gasteiger partial charge is 0.492 e. The molecule has 1 fully saturated rings. The molecule has 0 amide bonds. The molecule has 2 aliphatic heterocycles. The molecule has 2 aromatic carbocycles. The first-order chi connectivity index (χ1) is 13.5. The minimum atomic E-state index is -0.740. The highest BCUT2D eigenvalue weighted by Gasteiger charge is 2.42. The summed E-state index contributed by atoms with van der Waals surface area (Å²) in [7, 11) is 0. The maximum Gasteiger partial charge on any atom is 0.304 e. The van der Waals surface area contributed by atoms with Gasteiger partial charge in [0.1, 0.15) is 11.6 Å². The first-order valence-corrected chi connectivity index (χ1v) is 9.69. The first kappa shape index (κ1) is 18.7. The van der Waals surface area contributed by atoms with Crippen molar-refractivity contribution in [2.75, 3.05) is 26.2 Å². The van der Waals surface area contributed by atoms with E-state index >= 15 is 0 Å². The molecule has 5 heteroatoms. The molecule has 0 saturated carbocycles. The molecule has 0 aromatic heterocycles. The lowest BCUT2D eigenvalue weighted by Gasteiger charge is -2.38. The van der Waals surface area contributed by atoms with E-state index in [0.29, 0.717) is 13.2 Å². The average Bonchev–Trinajstić information content (AvgIpc) is 3.05. The highest BCUT2D eigenvalue weighted by molar-refractivity contribution is 5.71. The van der Waals surface area contributed by atoms with Crippen molar-refractivity contribution in [2.24, 2.45) is 0 Å². The molecule has 0 aliphatic carbocycles. The maximum absolute atomic E-state index is 13.0. The fourth-order valence-electron chi connectivity index (χ4n) is 4.13. The van der Waals surface area contributed by atoms with Crippen LogP contribution in [0.4, 0.5) is 4.39 Å². The molecule has 0 unspecified atom stereocenters. The van der Waals surface area contributed by atoms with Crippen molar-refractivity contribution in [3.8, 4) is 5.75 Å². The zero-order valence-electron chi connectivity index (χ0n) is 15.7. The highest BCUT2D eigenvalue weighted by Crippen LogP contribution is 2.45. The van der Waals surface area contributed by atoms with Gasteiger partial charge in [-0.2, -0.15) is 0 Å². The van der Waals surface area contributed by atoms with Crippen molar-refractivity contribution in [1.82, 2.24) is 4.90 Å². The van der Waals surface area contributed by atoms with Gasteiger partial charge in [0.15, 0.2) is 0 Å². The molecule has 0 bridgehead atoms. The third-order valence-corrected chi connectivity index (χ3v) is 5.87. The third-order valence-electron chi connectivity index (χ3n) is 5.87. The lowest BCUT2D eigenvalue weighted by Crippen LogP contribution is -2.44. The Hall–Kier alpha value is -2.66. The fraction of sp³-hybridized carbons (Fsp3) is 0.348. The van der Waals surface area contributed by atoms with Gasteiger partial charge in [-0.15, -0.1) is 0 Å². The standard InChI is InChI=1S/C23H24FNO3/c24-19-6-3-17(4-7-19)1-2-18-5-8-20-21(15-18)28-16-23(20)10-13-25(14-11-23)12-9-22(26)27/h1-8,15H,9-14,16H2,(H,26,27). The second-order valence-corrected chi connectivity index (χ2v) is 7.69. The van der Waals surface area contributed by atoms with Gasteiger partial charge in [0.2, 0.25) is 0 Å². The predicted octanol–water partition coefficient (Wildman–Crippen LogP) is 4.20. The Morgan fingerprint density at radius 2 is 1.79 bits per heavy atom. The minimum Gasteiger partial charge on any atom is -0.492 e. The maximum atomic E-state index is 13.0. The molecule has 146 valence electrons. The van der Waals surface area contributed by atoms with Gasteiger partial charge < -0.3 is 14.7 Å². The number of likely N-dealkylation sites (tertiary alicyclic amines) is 1. The number of rotatable bonds is 5. The van der Waals surface area contributed by atoms with E-state index in [-0.39, 0.29) is 17.7 Å². The molecule has 0 atom stereocenters. The molecule has 1 saturated heterocycles. The van der Waals surface area contributed by atoms with Crippen LogP contribution in [0.1, 0.15) is 36.0 Å². The highest BCUT2D eigenvalue weighted by atomic mass is 19.1. The summed E-state index contributed by atoms with van der Waals surface area (Å²) < 4.78 is 19.0. The van der Waals surface area contributed by atoms with E-state index in [9.17, 15) is 9.18 Å². The molecule has 1 spiro atoms. The average molecular weight is 381 g/mol. The number of carboxylic acids is 1. The van der Waals surface area contributed by atoms with Crippen LogP contribution in [0.5, 0.6) is 5.75 Å². The number of carboxylic acid groups (broad SMARTS) is 1. The summed E-state index contributed by atoms with van der Waals surface area (Å²) in [6.45, 7) is 3.12. The van der Waals surface area contributed by atoms with Crippen molar-refractivity contribution >= 4 is 18.1 Å². The molecular weight excluding hydrogens is 357 g/mol. The van der Waals surface area contributed by atoms with Crippen LogP contribution in [0.25, 0.3) is 12.2 Å². The monoisotopic (exact) mass is 381 g/mol. The summed E-state index contributed by atoms with van der Waals surface area (Å²) >= 11 is 0. The fourth-order valence-corrected chi connectivity index (χ4v) is 4.13. The predicted molar refractivity (Wildman–Crippen MR) is 107 cm³/mol. The smallest absolute Gasteiger partial charge is 0.304 e. The molecule has 4 rings (SSSR count). The Morgan fingerprint density at radius 1 is 1.11 bits per heavy atom. The zero-order valence-corrected chi connectivity index (χ0v) is 15.7. The SMILES string of the molecule is O=C(O)CCN1CCC2(CC1)COc1cc(C=Cc3ccc(F)cc3)ccc12. The topological polar surface area (TPSA) is 49.8 Å². The van der Waals surface area contributed by atoms with E-state index < -0.39 is 5.97 Å². The van der Waals surface area contributed by atoms with Crippen molar-refractivity contribution < 1.29 is 19.0 Å². The van der Waals surface area contributed by atoms with E-state index in [1.54, 1.807) is 12.1 Å². The summed E-state index contributed by atoms with van der Waals surface area (Å²) in [4.78, 5) is 13.0. The summed E-state index contributed by atoms with van der Waals surface area (Å²) in [5.41, 5.74) is 3.32. The van der Waals surface area contributed by atoms with Gasteiger partial charge >= 0.3 is 5.97 Å². The number of benzene rings is 2. The van der Waals surface area contributed by atoms with E-state index in [4.69, 9.17) is 9.84 Å². The number of carbonyl (C=O) groups is 1. The summed E-state index contributed by atoms with van der Waals surface area (Å²) in [6, 6.07) is 12.8. The quantitative estimate of drug-likeness (QED) is 0.789. The van der Waals surface area contributed by atoms with Crippen LogP contribution in [0.2, 0.25) is 0 Å². The number of fused-ring (bicyclic) bond motifs is 2. The molecule has 4 nitrogen and oxygen atoms in total. The summed E-state index contributed by atoms with van der Waals surface area (Å²) in [5, 5.41) is 8.87. The number of halogens is 1. The Balaban J connectivity index is 1.44. The van der Waals surface area contributed by atoms with Gasteiger partial charge in [0.25, 0.3) is 0 Å². The molecule has 2 aliphatic rings. The van der Waals surface area contributed by atoms with Crippen molar-refractivity contribution in [2.45, 2.75) is 24.7 Å². The second kappa shape index (κ2) is 7.76. The Bertz CT molecular complexity index is 883. The minimum absolute atomic E-state index is 0.0499. The Labute approximate surface area is 164 Å². The van der Waals surface area contributed by atoms with Crippen LogP contribution < -0.4 is 4.74 Å². The number of ether oxygens (including phenoxy) is 1. The lowest BCUT2D eigenvalue weighted by molar-refractivity contribution is -0.137. The van der Waals surface area contributed by atoms with Crippen LogP contribution >= 0.6 is 0 Å². The number of aliphatic carboxylic acids is 1. The van der Waals surface area contributed by atoms with Crippen LogP contribution in [-0.2, 0) is 10.2 Å². The van der Waals surface area contributed by atoms with Crippen LogP contribution in [0, 0.1) is 5.82 Å². The number of hydrogen-bond acceptors (Lipinski definition) is 3. The summed E-state index contributed by atoms with van der Waals surface area (Å²) in [6.07, 6.45) is 6.15. The zero-order chi connectivity index (χ0) is 19.6. The van der Waals surface area contributed by atoms with Gasteiger partial charge in [-0.25, -0.2) is 4.39 Å². The normalized spacial score (nSPS) is 18.3. The Morgan fingerprint density at radius 3 is 2.50 bits per heavy atom. The van der Waals surface area contributed by atoms with E-state index in [2.05, 4.69) is 23.1 Å².